The lowest BCUT2D eigenvalue weighted by Crippen LogP contribution is -2.08. The standard InChI is InChI=1S/C12H13ClN2O4/c1-3-19-12(16)9-4-7(9)8-5-10(13)14-6(2)11(8)15(17)18/h5,7,9H,3-4H2,1-2H3/t7-,9+/m0/s1. The first-order chi connectivity index (χ1) is 8.95. The topological polar surface area (TPSA) is 82.3 Å². The highest BCUT2D eigenvalue weighted by atomic mass is 35.5. The van der Waals surface area contributed by atoms with Gasteiger partial charge in [0.15, 0.2) is 0 Å². The van der Waals surface area contributed by atoms with Crippen molar-refractivity contribution in [1.82, 2.24) is 4.98 Å². The van der Waals surface area contributed by atoms with E-state index < -0.39 is 4.92 Å². The average Bonchev–Trinajstić information content (AvgIpc) is 3.07. The second-order valence-corrected chi connectivity index (χ2v) is 4.81. The summed E-state index contributed by atoms with van der Waals surface area (Å²) in [7, 11) is 0. The summed E-state index contributed by atoms with van der Waals surface area (Å²) in [5.41, 5.74) is 0.684. The molecule has 0 radical (unpaired) electrons. The maximum Gasteiger partial charge on any atom is 0.309 e. The van der Waals surface area contributed by atoms with Crippen molar-refractivity contribution in [1.29, 1.82) is 0 Å². The number of nitro groups is 1. The number of carbonyl (C=O) groups excluding carboxylic acids is 1. The van der Waals surface area contributed by atoms with Gasteiger partial charge in [0.05, 0.1) is 17.4 Å². The van der Waals surface area contributed by atoms with E-state index in [1.165, 1.54) is 13.0 Å². The number of aromatic nitrogens is 1. The number of esters is 1. The molecule has 6 nitrogen and oxygen atoms in total. The lowest BCUT2D eigenvalue weighted by atomic mass is 10.1. The van der Waals surface area contributed by atoms with Crippen LogP contribution < -0.4 is 0 Å². The minimum absolute atomic E-state index is 0.0544. The molecule has 0 N–H and O–H groups in total. The quantitative estimate of drug-likeness (QED) is 0.367. The van der Waals surface area contributed by atoms with Crippen LogP contribution in [0.4, 0.5) is 5.69 Å². The third-order valence-corrected chi connectivity index (χ3v) is 3.32. The first kappa shape index (κ1) is 13.7. The van der Waals surface area contributed by atoms with Crippen molar-refractivity contribution in [3.8, 4) is 0 Å². The van der Waals surface area contributed by atoms with Gasteiger partial charge in [0, 0.05) is 11.5 Å². The number of rotatable bonds is 4. The van der Waals surface area contributed by atoms with Crippen molar-refractivity contribution in [2.45, 2.75) is 26.2 Å². The third-order valence-electron chi connectivity index (χ3n) is 3.13. The van der Waals surface area contributed by atoms with Gasteiger partial charge in [-0.25, -0.2) is 4.98 Å². The van der Waals surface area contributed by atoms with E-state index in [-0.39, 0.29) is 34.3 Å². The van der Waals surface area contributed by atoms with Crippen LogP contribution in [0.25, 0.3) is 0 Å². The summed E-state index contributed by atoms with van der Waals surface area (Å²) in [5.74, 6) is -0.817. The average molecular weight is 285 g/mol. The molecular formula is C12H13ClN2O4. The molecule has 0 bridgehead atoms. The SMILES string of the molecule is CCOC(=O)[C@@H]1C[C@H]1c1cc(Cl)nc(C)c1[N+](=O)[O-]. The van der Waals surface area contributed by atoms with Crippen molar-refractivity contribution in [3.05, 3.63) is 32.6 Å². The molecule has 1 aliphatic rings. The number of halogens is 1. The van der Waals surface area contributed by atoms with Crippen molar-refractivity contribution in [2.24, 2.45) is 5.92 Å². The molecule has 1 aromatic rings. The molecule has 2 atom stereocenters. The van der Waals surface area contributed by atoms with E-state index in [4.69, 9.17) is 16.3 Å². The van der Waals surface area contributed by atoms with Crippen LogP contribution in [0.3, 0.4) is 0 Å². The van der Waals surface area contributed by atoms with Gasteiger partial charge < -0.3 is 4.74 Å². The normalized spacial score (nSPS) is 21.0. The van der Waals surface area contributed by atoms with Crippen molar-refractivity contribution < 1.29 is 14.5 Å². The Morgan fingerprint density at radius 3 is 2.95 bits per heavy atom. The van der Waals surface area contributed by atoms with E-state index in [0.717, 1.165) is 0 Å². The van der Waals surface area contributed by atoms with Gasteiger partial charge in [-0.3, -0.25) is 14.9 Å². The molecule has 0 spiro atoms. The monoisotopic (exact) mass is 284 g/mol. The number of nitrogens with zero attached hydrogens (tertiary/aromatic N) is 2. The zero-order chi connectivity index (χ0) is 14.2. The lowest BCUT2D eigenvalue weighted by Gasteiger charge is -2.05. The van der Waals surface area contributed by atoms with Gasteiger partial charge in [0.25, 0.3) is 5.69 Å². The first-order valence-electron chi connectivity index (χ1n) is 5.93. The van der Waals surface area contributed by atoms with E-state index in [0.29, 0.717) is 18.6 Å². The molecule has 19 heavy (non-hydrogen) atoms. The van der Waals surface area contributed by atoms with Crippen molar-refractivity contribution in [2.75, 3.05) is 6.61 Å². The van der Waals surface area contributed by atoms with E-state index in [1.54, 1.807) is 6.92 Å². The summed E-state index contributed by atoms with van der Waals surface area (Å²) >= 11 is 5.84. The zero-order valence-corrected chi connectivity index (χ0v) is 11.3. The molecule has 0 aromatic carbocycles. The zero-order valence-electron chi connectivity index (χ0n) is 10.6. The molecule has 0 amide bonds. The molecule has 1 heterocycles. The Bertz CT molecular complexity index is 547. The molecule has 0 aliphatic heterocycles. The molecule has 7 heteroatoms. The van der Waals surface area contributed by atoms with Gasteiger partial charge in [0.2, 0.25) is 0 Å². The number of hydrogen-bond acceptors (Lipinski definition) is 5. The Balaban J connectivity index is 2.31. The molecule has 102 valence electrons. The fraction of sp³-hybridized carbons (Fsp3) is 0.500. The first-order valence-corrected chi connectivity index (χ1v) is 6.31. The molecule has 1 fully saturated rings. The molecule has 1 aliphatic carbocycles. The number of hydrogen-bond donors (Lipinski definition) is 0. The summed E-state index contributed by atoms with van der Waals surface area (Å²) in [5, 5.41) is 11.3. The van der Waals surface area contributed by atoms with Gasteiger partial charge in [-0.1, -0.05) is 11.6 Å². The highest BCUT2D eigenvalue weighted by Crippen LogP contribution is 2.51. The highest BCUT2D eigenvalue weighted by molar-refractivity contribution is 6.29. The molecule has 1 aromatic heterocycles. The Morgan fingerprint density at radius 2 is 2.37 bits per heavy atom. The summed E-state index contributed by atoms with van der Waals surface area (Å²) in [4.78, 5) is 26.1. The number of ether oxygens (including phenoxy) is 1. The molecule has 1 saturated carbocycles. The Hall–Kier alpha value is -1.69. The molecule has 0 unspecified atom stereocenters. The Labute approximate surface area is 114 Å². The second kappa shape index (κ2) is 5.13. The fourth-order valence-electron chi connectivity index (χ4n) is 2.22. The van der Waals surface area contributed by atoms with Gasteiger partial charge in [-0.05, 0) is 26.3 Å². The van der Waals surface area contributed by atoms with Crippen molar-refractivity contribution in [3.63, 3.8) is 0 Å². The van der Waals surface area contributed by atoms with E-state index >= 15 is 0 Å². The summed E-state index contributed by atoms with van der Waals surface area (Å²) < 4.78 is 4.92. The van der Waals surface area contributed by atoms with E-state index in [9.17, 15) is 14.9 Å². The van der Waals surface area contributed by atoms with Crippen LogP contribution in [0.1, 0.15) is 30.5 Å². The van der Waals surface area contributed by atoms with Crippen LogP contribution >= 0.6 is 11.6 Å². The van der Waals surface area contributed by atoms with Gasteiger partial charge >= 0.3 is 5.97 Å². The maximum atomic E-state index is 11.6. The van der Waals surface area contributed by atoms with E-state index in [1.807, 2.05) is 0 Å². The molecule has 2 rings (SSSR count). The lowest BCUT2D eigenvalue weighted by molar-refractivity contribution is -0.386. The fourth-order valence-corrected chi connectivity index (χ4v) is 2.46. The summed E-state index contributed by atoms with van der Waals surface area (Å²) in [6.07, 6.45) is 0.555. The number of pyridine rings is 1. The summed E-state index contributed by atoms with van der Waals surface area (Å²) in [6, 6.07) is 1.47. The second-order valence-electron chi connectivity index (χ2n) is 4.43. The van der Waals surface area contributed by atoms with E-state index in [2.05, 4.69) is 4.98 Å². The smallest absolute Gasteiger partial charge is 0.309 e. The highest BCUT2D eigenvalue weighted by Gasteiger charge is 2.48. The minimum atomic E-state index is -0.478. The number of carbonyl (C=O) groups is 1. The van der Waals surface area contributed by atoms with Crippen LogP contribution in [-0.4, -0.2) is 22.5 Å². The van der Waals surface area contributed by atoms with Gasteiger partial charge in [-0.15, -0.1) is 0 Å². The Morgan fingerprint density at radius 1 is 1.68 bits per heavy atom. The third kappa shape index (κ3) is 2.68. The van der Waals surface area contributed by atoms with Crippen LogP contribution in [0.5, 0.6) is 0 Å². The van der Waals surface area contributed by atoms with Crippen LogP contribution in [-0.2, 0) is 9.53 Å². The van der Waals surface area contributed by atoms with Crippen LogP contribution in [0, 0.1) is 23.0 Å². The largest absolute Gasteiger partial charge is 0.466 e. The minimum Gasteiger partial charge on any atom is -0.466 e. The molecular weight excluding hydrogens is 272 g/mol. The van der Waals surface area contributed by atoms with Crippen molar-refractivity contribution >= 4 is 23.3 Å². The Kier molecular flexibility index (Phi) is 3.71. The maximum absolute atomic E-state index is 11.6. The number of aryl methyl sites for hydroxylation is 1. The summed E-state index contributed by atoms with van der Waals surface area (Å²) in [6.45, 7) is 3.57. The van der Waals surface area contributed by atoms with Gasteiger partial charge in [0.1, 0.15) is 10.8 Å². The van der Waals surface area contributed by atoms with Gasteiger partial charge in [-0.2, -0.15) is 0 Å². The van der Waals surface area contributed by atoms with Crippen LogP contribution in [0.2, 0.25) is 5.15 Å². The predicted molar refractivity (Wildman–Crippen MR) is 68.1 cm³/mol. The molecule has 0 saturated heterocycles. The predicted octanol–water partition coefficient (Wildman–Crippen LogP) is 2.62. The van der Waals surface area contributed by atoms with Crippen LogP contribution in [0.15, 0.2) is 6.07 Å².